The SMILES string of the molecule is CCNC(=NCCCCn1ccccc1=O)N(C)Cc1ccc(C)cc1. The van der Waals surface area contributed by atoms with Gasteiger partial charge in [0.05, 0.1) is 0 Å². The molecule has 26 heavy (non-hydrogen) atoms. The van der Waals surface area contributed by atoms with Gasteiger partial charge in [-0.25, -0.2) is 0 Å². The molecular weight excluding hydrogens is 324 g/mol. The van der Waals surface area contributed by atoms with Gasteiger partial charge < -0.3 is 14.8 Å². The van der Waals surface area contributed by atoms with Gasteiger partial charge in [0.1, 0.15) is 0 Å². The van der Waals surface area contributed by atoms with Crippen LogP contribution in [0.5, 0.6) is 0 Å². The molecule has 0 unspecified atom stereocenters. The minimum atomic E-state index is 0.0576. The molecule has 1 N–H and O–H groups in total. The van der Waals surface area contributed by atoms with Gasteiger partial charge in [0.15, 0.2) is 5.96 Å². The van der Waals surface area contributed by atoms with E-state index in [4.69, 9.17) is 4.99 Å². The number of rotatable bonds is 8. The summed E-state index contributed by atoms with van der Waals surface area (Å²) in [5.74, 6) is 0.921. The lowest BCUT2D eigenvalue weighted by Crippen LogP contribution is -2.38. The summed E-state index contributed by atoms with van der Waals surface area (Å²) in [5, 5.41) is 3.35. The number of nitrogens with zero attached hydrogens (tertiary/aromatic N) is 3. The summed E-state index contributed by atoms with van der Waals surface area (Å²) in [6, 6.07) is 13.9. The molecule has 2 aromatic rings. The lowest BCUT2D eigenvalue weighted by Gasteiger charge is -2.22. The number of nitrogens with one attached hydrogen (secondary N) is 1. The molecule has 0 radical (unpaired) electrons. The molecule has 0 atom stereocenters. The lowest BCUT2D eigenvalue weighted by molar-refractivity contribution is 0.475. The highest BCUT2D eigenvalue weighted by molar-refractivity contribution is 5.79. The Kier molecular flexibility index (Phi) is 7.93. The van der Waals surface area contributed by atoms with Gasteiger partial charge in [-0.3, -0.25) is 9.79 Å². The van der Waals surface area contributed by atoms with Crippen molar-refractivity contribution >= 4 is 5.96 Å². The smallest absolute Gasteiger partial charge is 0.250 e. The van der Waals surface area contributed by atoms with Gasteiger partial charge in [-0.2, -0.15) is 0 Å². The van der Waals surface area contributed by atoms with Crippen LogP contribution in [-0.4, -0.2) is 35.6 Å². The van der Waals surface area contributed by atoms with Crippen LogP contribution < -0.4 is 10.9 Å². The van der Waals surface area contributed by atoms with Crippen molar-refractivity contribution in [3.8, 4) is 0 Å². The van der Waals surface area contributed by atoms with Crippen molar-refractivity contribution in [3.05, 3.63) is 70.1 Å². The van der Waals surface area contributed by atoms with Crippen LogP contribution in [0.2, 0.25) is 0 Å². The van der Waals surface area contributed by atoms with Gasteiger partial charge in [-0.15, -0.1) is 0 Å². The second-order valence-corrected chi connectivity index (χ2v) is 6.52. The first-order chi connectivity index (χ1) is 12.6. The Morgan fingerprint density at radius 1 is 1.15 bits per heavy atom. The van der Waals surface area contributed by atoms with Crippen LogP contribution in [-0.2, 0) is 13.1 Å². The summed E-state index contributed by atoms with van der Waals surface area (Å²) >= 11 is 0. The van der Waals surface area contributed by atoms with E-state index in [0.29, 0.717) is 0 Å². The van der Waals surface area contributed by atoms with Gasteiger partial charge >= 0.3 is 0 Å². The van der Waals surface area contributed by atoms with Crippen molar-refractivity contribution in [1.82, 2.24) is 14.8 Å². The van der Waals surface area contributed by atoms with E-state index in [0.717, 1.165) is 45.0 Å². The predicted molar refractivity (Wildman–Crippen MR) is 109 cm³/mol. The molecule has 0 saturated heterocycles. The zero-order chi connectivity index (χ0) is 18.8. The van der Waals surface area contributed by atoms with Crippen LogP contribution in [0.15, 0.2) is 58.4 Å². The Morgan fingerprint density at radius 3 is 2.62 bits per heavy atom. The number of aryl methyl sites for hydroxylation is 2. The monoisotopic (exact) mass is 354 g/mol. The van der Waals surface area contributed by atoms with Crippen molar-refractivity contribution in [2.24, 2.45) is 4.99 Å². The molecule has 140 valence electrons. The van der Waals surface area contributed by atoms with Crippen LogP contribution in [0.3, 0.4) is 0 Å². The number of benzene rings is 1. The first-order valence-corrected chi connectivity index (χ1v) is 9.30. The van der Waals surface area contributed by atoms with Gasteiger partial charge in [-0.05, 0) is 38.3 Å². The Labute approximate surface area is 156 Å². The summed E-state index contributed by atoms with van der Waals surface area (Å²) in [5.41, 5.74) is 2.60. The van der Waals surface area contributed by atoms with Crippen LogP contribution >= 0.6 is 0 Å². The second-order valence-electron chi connectivity index (χ2n) is 6.52. The number of hydrogen-bond donors (Lipinski definition) is 1. The first-order valence-electron chi connectivity index (χ1n) is 9.30. The third-order valence-corrected chi connectivity index (χ3v) is 4.20. The van der Waals surface area contributed by atoms with Gasteiger partial charge in [-0.1, -0.05) is 35.9 Å². The highest BCUT2D eigenvalue weighted by Crippen LogP contribution is 2.06. The van der Waals surface area contributed by atoms with Crippen LogP contribution in [0, 0.1) is 6.92 Å². The van der Waals surface area contributed by atoms with Gasteiger partial charge in [0.2, 0.25) is 5.56 Å². The fourth-order valence-corrected chi connectivity index (χ4v) is 2.74. The zero-order valence-electron chi connectivity index (χ0n) is 16.1. The van der Waals surface area contributed by atoms with Crippen molar-refractivity contribution in [2.45, 2.75) is 39.8 Å². The molecule has 0 spiro atoms. The first kappa shape index (κ1) is 19.8. The normalized spacial score (nSPS) is 11.4. The highest BCUT2D eigenvalue weighted by atomic mass is 16.1. The van der Waals surface area contributed by atoms with Crippen LogP contribution in [0.1, 0.15) is 30.9 Å². The van der Waals surface area contributed by atoms with E-state index in [1.54, 1.807) is 16.7 Å². The molecular formula is C21H30N4O. The maximum atomic E-state index is 11.7. The summed E-state index contributed by atoms with van der Waals surface area (Å²) < 4.78 is 1.75. The number of hydrogen-bond acceptors (Lipinski definition) is 2. The van der Waals surface area contributed by atoms with E-state index in [9.17, 15) is 4.79 Å². The standard InChI is InChI=1S/C21H30N4O/c1-4-22-21(24(3)17-19-12-10-18(2)11-13-19)23-14-6-8-16-25-15-7-5-9-20(25)26/h5,7,9-13,15H,4,6,8,14,16-17H2,1-3H3,(H,22,23). The Balaban J connectivity index is 1.84. The van der Waals surface area contributed by atoms with Crippen molar-refractivity contribution < 1.29 is 0 Å². The zero-order valence-corrected chi connectivity index (χ0v) is 16.1. The molecule has 0 fully saturated rings. The third kappa shape index (κ3) is 6.39. The summed E-state index contributed by atoms with van der Waals surface area (Å²) in [6.07, 6.45) is 3.73. The van der Waals surface area contributed by atoms with E-state index in [-0.39, 0.29) is 5.56 Å². The van der Waals surface area contributed by atoms with Crippen molar-refractivity contribution in [2.75, 3.05) is 20.1 Å². The fraction of sp³-hybridized carbons (Fsp3) is 0.429. The van der Waals surface area contributed by atoms with Crippen molar-refractivity contribution in [1.29, 1.82) is 0 Å². The molecule has 5 heteroatoms. The van der Waals surface area contributed by atoms with Crippen LogP contribution in [0.4, 0.5) is 0 Å². The maximum absolute atomic E-state index is 11.7. The van der Waals surface area contributed by atoms with Gasteiger partial charge in [0, 0.05) is 45.5 Å². The Morgan fingerprint density at radius 2 is 1.92 bits per heavy atom. The molecule has 5 nitrogen and oxygen atoms in total. The largest absolute Gasteiger partial charge is 0.357 e. The van der Waals surface area contributed by atoms with Gasteiger partial charge in [0.25, 0.3) is 0 Å². The van der Waals surface area contributed by atoms with E-state index in [2.05, 4.69) is 55.4 Å². The number of pyridine rings is 1. The summed E-state index contributed by atoms with van der Waals surface area (Å²) in [4.78, 5) is 18.6. The highest BCUT2D eigenvalue weighted by Gasteiger charge is 2.06. The fourth-order valence-electron chi connectivity index (χ4n) is 2.74. The number of aromatic nitrogens is 1. The minimum Gasteiger partial charge on any atom is -0.357 e. The minimum absolute atomic E-state index is 0.0576. The summed E-state index contributed by atoms with van der Waals surface area (Å²) in [7, 11) is 2.06. The lowest BCUT2D eigenvalue weighted by atomic mass is 10.1. The average molecular weight is 354 g/mol. The molecule has 0 aliphatic rings. The maximum Gasteiger partial charge on any atom is 0.250 e. The van der Waals surface area contributed by atoms with E-state index < -0.39 is 0 Å². The third-order valence-electron chi connectivity index (χ3n) is 4.20. The topological polar surface area (TPSA) is 49.6 Å². The molecule has 2 rings (SSSR count). The molecule has 1 aromatic carbocycles. The quantitative estimate of drug-likeness (QED) is 0.450. The Bertz CT molecular complexity index is 749. The molecule has 0 aliphatic carbocycles. The van der Waals surface area contributed by atoms with Crippen molar-refractivity contribution in [3.63, 3.8) is 0 Å². The second kappa shape index (κ2) is 10.4. The average Bonchev–Trinajstić information content (AvgIpc) is 2.64. The molecule has 1 aromatic heterocycles. The number of aliphatic imine (C=N–C) groups is 1. The molecule has 1 heterocycles. The predicted octanol–water partition coefficient (Wildman–Crippen LogP) is 3.03. The number of guanidine groups is 1. The van der Waals surface area contributed by atoms with Crippen LogP contribution in [0.25, 0.3) is 0 Å². The molecule has 0 saturated carbocycles. The molecule has 0 amide bonds. The van der Waals surface area contributed by atoms with E-state index in [1.807, 2.05) is 12.3 Å². The van der Waals surface area contributed by atoms with E-state index >= 15 is 0 Å². The van der Waals surface area contributed by atoms with E-state index in [1.165, 1.54) is 11.1 Å². The number of unbranched alkanes of at least 4 members (excludes halogenated alkanes) is 1. The summed E-state index contributed by atoms with van der Waals surface area (Å²) in [6.45, 7) is 7.34. The molecule has 0 bridgehead atoms. The Hall–Kier alpha value is -2.56. The molecule has 0 aliphatic heterocycles.